The summed E-state index contributed by atoms with van der Waals surface area (Å²) in [4.78, 5) is 26.8. The van der Waals surface area contributed by atoms with Crippen LogP contribution in [0.25, 0.3) is 12.2 Å². The van der Waals surface area contributed by atoms with Crippen LogP contribution >= 0.6 is 0 Å². The highest BCUT2D eigenvalue weighted by Gasteiger charge is 2.53. The van der Waals surface area contributed by atoms with E-state index in [1.807, 2.05) is 48.6 Å². The van der Waals surface area contributed by atoms with Gasteiger partial charge in [-0.25, -0.2) is 18.4 Å². The van der Waals surface area contributed by atoms with Gasteiger partial charge in [-0.15, -0.1) is 0 Å². The van der Waals surface area contributed by atoms with Crippen LogP contribution in [-0.4, -0.2) is 167 Å². The summed E-state index contributed by atoms with van der Waals surface area (Å²) in [5, 5.41) is 24.0. The molecule has 0 bridgehead atoms. The van der Waals surface area contributed by atoms with E-state index in [9.17, 15) is 24.2 Å². The summed E-state index contributed by atoms with van der Waals surface area (Å²) in [7, 11) is 0.0832. The van der Waals surface area contributed by atoms with Gasteiger partial charge in [0.25, 0.3) is 8.32 Å². The molecule has 0 saturated carbocycles. The van der Waals surface area contributed by atoms with Crippen LogP contribution in [0.2, 0.25) is 56.4 Å². The maximum absolute atomic E-state index is 16.8. The molecule has 2 fully saturated rings. The van der Waals surface area contributed by atoms with Crippen LogP contribution in [0.4, 0.5) is 8.78 Å². The van der Waals surface area contributed by atoms with Crippen molar-refractivity contribution in [3.63, 3.8) is 0 Å². The molecular formula is C77H112F2O17Si3. The molecule has 2 aliphatic heterocycles. The van der Waals surface area contributed by atoms with Crippen molar-refractivity contribution in [2.24, 2.45) is 5.92 Å². The van der Waals surface area contributed by atoms with Crippen LogP contribution in [0, 0.1) is 17.8 Å². The van der Waals surface area contributed by atoms with Crippen LogP contribution in [0.5, 0.6) is 23.0 Å². The monoisotopic (exact) mass is 1430 g/mol. The third-order valence-electron chi connectivity index (χ3n) is 17.1. The van der Waals surface area contributed by atoms with E-state index in [2.05, 4.69) is 96.2 Å². The van der Waals surface area contributed by atoms with E-state index in [4.69, 9.17) is 61.3 Å². The Balaban J connectivity index is 0.000000380. The molecule has 9 unspecified atom stereocenters. The topological polar surface area (TPSA) is 195 Å². The predicted molar refractivity (Wildman–Crippen MR) is 394 cm³/mol. The molecule has 0 aliphatic carbocycles. The number of hydrogen-bond donors (Lipinski definition) is 2. The number of halogens is 2. The first-order valence-electron chi connectivity index (χ1n) is 33.9. The smallest absolute Gasteiger partial charge is 0.342 e. The highest BCUT2D eigenvalue weighted by Crippen LogP contribution is 2.41. The lowest BCUT2D eigenvalue weighted by Gasteiger charge is -2.45. The highest BCUT2D eigenvalue weighted by molar-refractivity contribution is 6.99. The van der Waals surface area contributed by atoms with Crippen molar-refractivity contribution in [1.82, 2.24) is 0 Å². The zero-order chi connectivity index (χ0) is 74.0. The van der Waals surface area contributed by atoms with Gasteiger partial charge in [-0.3, -0.25) is 0 Å². The van der Waals surface area contributed by atoms with Crippen molar-refractivity contribution >= 4 is 58.9 Å². The average molecular weight is 1430 g/mol. The van der Waals surface area contributed by atoms with Crippen LogP contribution < -0.4 is 29.3 Å². The zero-order valence-electron chi connectivity index (χ0n) is 62.6. The van der Waals surface area contributed by atoms with Crippen molar-refractivity contribution in [2.45, 2.75) is 218 Å². The molecule has 4 aromatic rings. The molecule has 0 spiro atoms. The van der Waals surface area contributed by atoms with Crippen molar-refractivity contribution in [1.29, 1.82) is 0 Å². The third-order valence-corrected chi connectivity index (χ3v) is 25.6. The number of methoxy groups -OCH3 is 4. The number of rotatable bonds is 32. The normalized spacial score (nSPS) is 20.1. The van der Waals surface area contributed by atoms with Crippen molar-refractivity contribution in [3.05, 3.63) is 131 Å². The number of benzene rings is 4. The number of esters is 2. The maximum atomic E-state index is 16.8. The minimum atomic E-state index is -3.09. The minimum Gasteiger partial charge on any atom is -0.497 e. The van der Waals surface area contributed by atoms with Crippen molar-refractivity contribution in [2.75, 3.05) is 55.2 Å². The first-order valence-corrected chi connectivity index (χ1v) is 43.3. The van der Waals surface area contributed by atoms with E-state index in [0.29, 0.717) is 42.3 Å². The minimum absolute atomic E-state index is 0.0599. The molecular weight excluding hydrogens is 1320 g/mol. The fourth-order valence-electron chi connectivity index (χ4n) is 11.0. The van der Waals surface area contributed by atoms with Crippen LogP contribution in [-0.2, 0) is 42.3 Å². The van der Waals surface area contributed by atoms with Gasteiger partial charge in [0.15, 0.2) is 30.8 Å². The summed E-state index contributed by atoms with van der Waals surface area (Å²) >= 11 is 0. The fourth-order valence-corrected chi connectivity index (χ4v) is 17.2. The van der Waals surface area contributed by atoms with Gasteiger partial charge in [0.2, 0.25) is 0 Å². The van der Waals surface area contributed by atoms with Gasteiger partial charge >= 0.3 is 11.9 Å². The summed E-state index contributed by atoms with van der Waals surface area (Å²) in [6, 6.07) is 28.4. The Labute approximate surface area is 591 Å². The molecule has 2 heterocycles. The van der Waals surface area contributed by atoms with Crippen LogP contribution in [0.15, 0.2) is 109 Å². The molecule has 6 rings (SSSR count). The summed E-state index contributed by atoms with van der Waals surface area (Å²) in [5.41, 5.74) is -2.19. The molecule has 2 saturated heterocycles. The molecule has 99 heavy (non-hydrogen) atoms. The summed E-state index contributed by atoms with van der Waals surface area (Å²) < 4.78 is 107. The van der Waals surface area contributed by atoms with E-state index in [0.717, 1.165) is 22.5 Å². The number of aliphatic hydroxyl groups is 2. The molecule has 22 heteroatoms. The molecule has 2 aliphatic rings. The molecule has 0 radical (unpaired) electrons. The van der Waals surface area contributed by atoms with E-state index >= 15 is 4.39 Å². The van der Waals surface area contributed by atoms with Gasteiger partial charge in [0.05, 0.1) is 45.7 Å². The molecule has 0 amide bonds. The molecule has 4 aromatic carbocycles. The number of ether oxygens (including phenoxy) is 12. The lowest BCUT2D eigenvalue weighted by atomic mass is 9.93. The first-order chi connectivity index (χ1) is 46.1. The summed E-state index contributed by atoms with van der Waals surface area (Å²) in [5.74, 6) is 3.71. The molecule has 17 nitrogen and oxygen atoms in total. The van der Waals surface area contributed by atoms with Gasteiger partial charge in [0.1, 0.15) is 64.2 Å². The molecule has 2 N–H and O–H groups in total. The zero-order valence-corrected chi connectivity index (χ0v) is 65.6. The Morgan fingerprint density at radius 2 is 1.04 bits per heavy atom. The van der Waals surface area contributed by atoms with E-state index in [1.165, 1.54) is 54.4 Å². The Bertz CT molecular complexity index is 3340. The average Bonchev–Trinajstić information content (AvgIpc) is 1.52. The predicted octanol–water partition coefficient (Wildman–Crippen LogP) is 14.6. The highest BCUT2D eigenvalue weighted by atomic mass is 28.4. The van der Waals surface area contributed by atoms with Crippen molar-refractivity contribution < 1.29 is 89.9 Å². The quantitative estimate of drug-likeness (QED) is 0.0154. The second kappa shape index (κ2) is 36.2. The van der Waals surface area contributed by atoms with Gasteiger partial charge in [0, 0.05) is 42.5 Å². The Hall–Kier alpha value is -6.05. The molecule has 9 atom stereocenters. The fraction of sp³-hybridized carbons (Fsp3) is 0.558. The summed E-state index contributed by atoms with van der Waals surface area (Å²) in [6.45, 7) is 35.3. The summed E-state index contributed by atoms with van der Waals surface area (Å²) in [6.07, 6.45) is 4.36. The number of hydrogen-bond acceptors (Lipinski definition) is 17. The lowest BCUT2D eigenvalue weighted by Crippen LogP contribution is -2.68. The molecule has 548 valence electrons. The molecule has 0 aromatic heterocycles. The van der Waals surface area contributed by atoms with Gasteiger partial charge in [-0.2, -0.15) is 0 Å². The van der Waals surface area contributed by atoms with Gasteiger partial charge in [-0.05, 0) is 124 Å². The third kappa shape index (κ3) is 24.6. The number of alkyl halides is 2. The Morgan fingerprint density at radius 3 is 1.42 bits per heavy atom. The number of aliphatic hydroxyl groups excluding tert-OH is 2. The second-order valence-electron chi connectivity index (χ2n) is 30.1. The standard InChI is InChI=1S/C46H63FO9Si2.C31H49FO8Si/c1-33(56-58(44(2,3)4,36-21-15-13-16-22-36)37-23-17-14-18-24-37)46(7,47)27-26-38(48)42-39(54-45(5,6)55-42)25-19-20-34-30-35(51-9)31-40(53-32-50-8)41(34)43(49)52-28-29-57(10,11)12;1-21(2)31(5,32)15-14-24(33)28-25(39-30(3,4)40-28)13-11-12-22-18-23(36-7)19-26(38-20-35-6)27(22)29(34)37-16-17-41(8,9)10/h13-24,30-31,33,38-39,42,48H,25,28-29,32H2,1-12H3;11-12,14-15,18-19,21,24-25,28,33H,13,16-17,20H2,1-10H3/b20-19+;12-11+,15-14-. The Morgan fingerprint density at radius 1 is 0.626 bits per heavy atom. The largest absolute Gasteiger partial charge is 0.497 e. The van der Waals surface area contributed by atoms with Crippen molar-refractivity contribution in [3.8, 4) is 34.8 Å². The SMILES string of the molecule is COCOc1cc(OC)cc(/C=C/CC2OC(C)(C)OC2C(O)/C=C\C(C)(F)C(C)C)c1C(=O)OCC[Si](C)(C)C.COCOc1cc(OC)cc(/C=C/CC2OC(C)(C)OC2C(O)C#CC(C)(F)C(C)O[Si](c2ccccc2)(c2ccccc2)C(C)(C)C)c1C(=O)OCC[Si](C)(C)C. The first kappa shape index (κ1) is 83.6. The van der Waals surface area contributed by atoms with Crippen LogP contribution in [0.3, 0.4) is 0 Å². The van der Waals surface area contributed by atoms with Crippen LogP contribution in [0.1, 0.15) is 128 Å². The number of carbonyl (C=O) groups is 2. The van der Waals surface area contributed by atoms with E-state index in [1.54, 1.807) is 84.9 Å². The van der Waals surface area contributed by atoms with E-state index < -0.39 is 102 Å². The Kier molecular flexibility index (Phi) is 30.6. The maximum Gasteiger partial charge on any atom is 0.342 e. The second-order valence-corrected chi connectivity index (χ2v) is 45.6. The number of carbonyl (C=O) groups excluding carboxylic acids is 2. The number of allylic oxidation sites excluding steroid dienone is 1. The van der Waals surface area contributed by atoms with E-state index in [-0.39, 0.29) is 53.6 Å². The lowest BCUT2D eigenvalue weighted by molar-refractivity contribution is -0.152. The van der Waals surface area contributed by atoms with Gasteiger partial charge in [-0.1, -0.05) is 177 Å². The van der Waals surface area contributed by atoms with Gasteiger partial charge < -0.3 is 71.5 Å².